The summed E-state index contributed by atoms with van der Waals surface area (Å²) in [5, 5.41) is 16.2. The second-order valence-electron chi connectivity index (χ2n) is 13.8. The predicted molar refractivity (Wildman–Crippen MR) is 209 cm³/mol. The summed E-state index contributed by atoms with van der Waals surface area (Å²) < 4.78 is 11.1. The van der Waals surface area contributed by atoms with E-state index < -0.39 is 18.0 Å². The Labute approximate surface area is 314 Å². The molecule has 0 aromatic heterocycles. The van der Waals surface area contributed by atoms with Gasteiger partial charge in [0.25, 0.3) is 11.8 Å². The van der Waals surface area contributed by atoms with E-state index in [4.69, 9.17) is 20.6 Å². The molecule has 0 aliphatic heterocycles. The first-order chi connectivity index (χ1) is 25.8. The van der Waals surface area contributed by atoms with Crippen LogP contribution in [0.2, 0.25) is 0 Å². The number of nitrogens with one attached hydrogen (secondary N) is 4. The van der Waals surface area contributed by atoms with Gasteiger partial charge in [-0.05, 0) is 83.1 Å². The van der Waals surface area contributed by atoms with Crippen molar-refractivity contribution in [2.45, 2.75) is 47.0 Å². The molecule has 0 aliphatic carbocycles. The molecular formula is C43H43N5O6. The number of hydrogen-bond acceptors (Lipinski definition) is 7. The Morgan fingerprint density at radius 2 is 1.19 bits per heavy atom. The summed E-state index contributed by atoms with van der Waals surface area (Å²) >= 11 is 0. The van der Waals surface area contributed by atoms with E-state index in [1.54, 1.807) is 48.5 Å². The zero-order valence-corrected chi connectivity index (χ0v) is 30.6. The fourth-order valence-corrected chi connectivity index (χ4v) is 5.24. The van der Waals surface area contributed by atoms with E-state index >= 15 is 0 Å². The number of anilines is 2. The van der Waals surface area contributed by atoms with E-state index in [2.05, 4.69) is 16.0 Å². The summed E-state index contributed by atoms with van der Waals surface area (Å²) in [5.74, 6) is -1.76. The van der Waals surface area contributed by atoms with Crippen LogP contribution in [0.3, 0.4) is 0 Å². The number of rotatable bonds is 12. The van der Waals surface area contributed by atoms with Gasteiger partial charge < -0.3 is 25.8 Å². The molecule has 0 bridgehead atoms. The lowest BCUT2D eigenvalue weighted by Gasteiger charge is -2.28. The average molecular weight is 726 g/mol. The molecule has 0 radical (unpaired) electrons. The highest BCUT2D eigenvalue weighted by molar-refractivity contribution is 6.12. The molecule has 1 atom stereocenters. The van der Waals surface area contributed by atoms with Crippen LogP contribution in [-0.4, -0.2) is 35.8 Å². The van der Waals surface area contributed by atoms with Crippen LogP contribution in [0.5, 0.6) is 0 Å². The van der Waals surface area contributed by atoms with Crippen LogP contribution in [-0.2, 0) is 22.7 Å². The Bertz CT molecular complexity index is 2150. The second kappa shape index (κ2) is 17.2. The molecule has 11 heteroatoms. The fraction of sp³-hybridized carbons (Fsp3) is 0.186. The molecule has 0 aliphatic rings. The van der Waals surface area contributed by atoms with Gasteiger partial charge >= 0.3 is 12.1 Å². The van der Waals surface area contributed by atoms with Crippen LogP contribution in [0.4, 0.5) is 16.2 Å². The van der Waals surface area contributed by atoms with Gasteiger partial charge in [-0.15, -0.1) is 0 Å². The number of benzene rings is 5. The van der Waals surface area contributed by atoms with E-state index in [-0.39, 0.29) is 58.8 Å². The molecule has 3 amide bonds. The number of amides is 3. The highest BCUT2D eigenvalue weighted by atomic mass is 16.5. The van der Waals surface area contributed by atoms with E-state index in [0.717, 1.165) is 11.1 Å². The maximum absolute atomic E-state index is 14.1. The zero-order valence-electron chi connectivity index (χ0n) is 30.6. The van der Waals surface area contributed by atoms with Crippen molar-refractivity contribution in [3.63, 3.8) is 0 Å². The standard InChI is InChI=1S/C43H43N5O6/c1-27(43(2,3)4)46-39(49)31-17-21-35(37(23-31)41(51)53-25-28-11-7-5-8-12-28)34-22-20-33(48-42(52)54-26-29-13-9-6-10-14-29)24-36(34)40(50)47-32-18-15-30(16-19-32)38(44)45/h5-24,27H,25-26H2,1-4H3,(H3,44,45)(H,46,49)(H,47,50)(H,48,52)/t27-/m1/s1. The molecule has 276 valence electrons. The molecule has 0 fully saturated rings. The number of hydrogen-bond donors (Lipinski definition) is 5. The van der Waals surface area contributed by atoms with E-state index in [1.165, 1.54) is 12.1 Å². The van der Waals surface area contributed by atoms with Gasteiger partial charge in [-0.25, -0.2) is 9.59 Å². The lowest BCUT2D eigenvalue weighted by atomic mass is 9.87. The fourth-order valence-electron chi connectivity index (χ4n) is 5.24. The average Bonchev–Trinajstić information content (AvgIpc) is 3.16. The smallest absolute Gasteiger partial charge is 0.411 e. The monoisotopic (exact) mass is 725 g/mol. The van der Waals surface area contributed by atoms with Crippen LogP contribution in [0.1, 0.15) is 75.5 Å². The normalized spacial score (nSPS) is 11.5. The summed E-state index contributed by atoms with van der Waals surface area (Å²) in [4.78, 5) is 54.2. The second-order valence-corrected chi connectivity index (χ2v) is 13.8. The minimum atomic E-state index is -0.734. The van der Waals surface area contributed by atoms with Gasteiger partial charge in [0.15, 0.2) is 0 Å². The largest absolute Gasteiger partial charge is 0.457 e. The first-order valence-electron chi connectivity index (χ1n) is 17.3. The molecule has 5 rings (SSSR count). The first kappa shape index (κ1) is 38.5. The third kappa shape index (κ3) is 10.2. The van der Waals surface area contributed by atoms with Crippen LogP contribution in [0.25, 0.3) is 11.1 Å². The Kier molecular flexibility index (Phi) is 12.2. The highest BCUT2D eigenvalue weighted by Gasteiger charge is 2.25. The number of esters is 1. The van der Waals surface area contributed by atoms with Crippen LogP contribution in [0, 0.1) is 10.8 Å². The SMILES string of the molecule is C[C@@H](NC(=O)c1ccc(-c2ccc(NC(=O)OCc3ccccc3)cc2C(=O)Nc2ccc(C(=N)N)cc2)c(C(=O)OCc2ccccc2)c1)C(C)(C)C. The lowest BCUT2D eigenvalue weighted by molar-refractivity contribution is 0.0473. The van der Waals surface area contributed by atoms with Crippen LogP contribution >= 0.6 is 0 Å². The van der Waals surface area contributed by atoms with Crippen molar-refractivity contribution < 1.29 is 28.7 Å². The van der Waals surface area contributed by atoms with Crippen molar-refractivity contribution in [1.82, 2.24) is 5.32 Å². The topological polar surface area (TPSA) is 173 Å². The number of nitrogens with two attached hydrogens (primary N) is 1. The molecule has 11 nitrogen and oxygen atoms in total. The van der Waals surface area contributed by atoms with Gasteiger partial charge in [0.05, 0.1) is 5.56 Å². The Balaban J connectivity index is 1.53. The molecule has 54 heavy (non-hydrogen) atoms. The van der Waals surface area contributed by atoms with Crippen LogP contribution < -0.4 is 21.7 Å². The van der Waals surface area contributed by atoms with E-state index in [9.17, 15) is 19.2 Å². The van der Waals surface area contributed by atoms with Crippen molar-refractivity contribution >= 4 is 41.1 Å². The lowest BCUT2D eigenvalue weighted by Crippen LogP contribution is -2.41. The third-order valence-corrected chi connectivity index (χ3v) is 8.83. The predicted octanol–water partition coefficient (Wildman–Crippen LogP) is 8.16. The van der Waals surface area contributed by atoms with Crippen LogP contribution in [0.15, 0.2) is 121 Å². The van der Waals surface area contributed by atoms with Gasteiger partial charge in [-0.3, -0.25) is 20.3 Å². The molecule has 0 heterocycles. The van der Waals surface area contributed by atoms with Crippen molar-refractivity contribution in [3.05, 3.63) is 155 Å². The summed E-state index contributed by atoms with van der Waals surface area (Å²) in [6.07, 6.45) is -0.734. The number of carbonyl (C=O) groups excluding carboxylic acids is 4. The summed E-state index contributed by atoms with van der Waals surface area (Å²) in [5.41, 5.74) is 9.16. The Morgan fingerprint density at radius 1 is 0.648 bits per heavy atom. The van der Waals surface area contributed by atoms with Crippen molar-refractivity contribution in [2.75, 3.05) is 10.6 Å². The quantitative estimate of drug-likeness (QED) is 0.0490. The summed E-state index contributed by atoms with van der Waals surface area (Å²) in [6.45, 7) is 7.97. The zero-order chi connectivity index (χ0) is 38.8. The number of nitrogen functional groups attached to an aromatic ring is 1. The maximum Gasteiger partial charge on any atom is 0.411 e. The Hall–Kier alpha value is -6.75. The molecule has 0 saturated heterocycles. The number of ether oxygens (including phenoxy) is 2. The number of amidine groups is 1. The van der Waals surface area contributed by atoms with Crippen molar-refractivity contribution in [2.24, 2.45) is 11.1 Å². The number of carbonyl (C=O) groups is 4. The van der Waals surface area contributed by atoms with Gasteiger partial charge in [-0.1, -0.05) is 93.6 Å². The van der Waals surface area contributed by atoms with Gasteiger partial charge in [-0.2, -0.15) is 0 Å². The minimum Gasteiger partial charge on any atom is -0.457 e. The van der Waals surface area contributed by atoms with E-state index in [1.807, 2.05) is 88.4 Å². The molecule has 0 unspecified atom stereocenters. The van der Waals surface area contributed by atoms with Gasteiger partial charge in [0.2, 0.25) is 0 Å². The molecule has 5 aromatic carbocycles. The molecular weight excluding hydrogens is 683 g/mol. The minimum absolute atomic E-state index is 0.0197. The van der Waals surface area contributed by atoms with Crippen molar-refractivity contribution in [3.8, 4) is 11.1 Å². The summed E-state index contributed by atoms with van der Waals surface area (Å²) in [6, 6.07) is 33.9. The van der Waals surface area contributed by atoms with E-state index in [0.29, 0.717) is 22.4 Å². The van der Waals surface area contributed by atoms with Gasteiger partial charge in [0, 0.05) is 34.1 Å². The maximum atomic E-state index is 14.1. The molecule has 6 N–H and O–H groups in total. The molecule has 0 spiro atoms. The third-order valence-electron chi connectivity index (χ3n) is 8.83. The highest BCUT2D eigenvalue weighted by Crippen LogP contribution is 2.32. The first-order valence-corrected chi connectivity index (χ1v) is 17.3. The Morgan fingerprint density at radius 3 is 1.78 bits per heavy atom. The summed E-state index contributed by atoms with van der Waals surface area (Å²) in [7, 11) is 0. The van der Waals surface area contributed by atoms with Gasteiger partial charge in [0.1, 0.15) is 19.0 Å². The molecule has 0 saturated carbocycles. The molecule has 5 aromatic rings. The van der Waals surface area contributed by atoms with Crippen molar-refractivity contribution in [1.29, 1.82) is 5.41 Å².